The van der Waals surface area contributed by atoms with Crippen LogP contribution in [0.2, 0.25) is 5.02 Å². The molecule has 5 heteroatoms. The fraction of sp³-hybridized carbons (Fsp3) is 0.533. The number of hydrogen-bond acceptors (Lipinski definition) is 3. The molecule has 0 aliphatic carbocycles. The molecule has 0 spiro atoms. The number of carbonyl (C=O) groups is 1. The molecule has 0 bridgehead atoms. The Morgan fingerprint density at radius 3 is 2.85 bits per heavy atom. The minimum atomic E-state index is -0.157. The highest BCUT2D eigenvalue weighted by molar-refractivity contribution is 7.99. The summed E-state index contributed by atoms with van der Waals surface area (Å²) in [5.74, 6) is 2.15. The minimum absolute atomic E-state index is 0.157. The van der Waals surface area contributed by atoms with Crippen LogP contribution in [0.4, 0.5) is 5.69 Å². The summed E-state index contributed by atoms with van der Waals surface area (Å²) in [5.41, 5.74) is 1.73. The van der Waals surface area contributed by atoms with Crippen LogP contribution in [-0.4, -0.2) is 30.5 Å². The molecule has 1 amide bonds. The van der Waals surface area contributed by atoms with Crippen molar-refractivity contribution in [1.29, 1.82) is 0 Å². The molecular weight excluding hydrogens is 292 g/mol. The highest BCUT2D eigenvalue weighted by Gasteiger charge is 2.32. The topological polar surface area (TPSA) is 41.1 Å². The Kier molecular flexibility index (Phi) is 4.86. The Balaban J connectivity index is 2.19. The predicted molar refractivity (Wildman–Crippen MR) is 88.0 cm³/mol. The van der Waals surface area contributed by atoms with Gasteiger partial charge < -0.3 is 10.6 Å². The molecule has 1 aliphatic rings. The van der Waals surface area contributed by atoms with Crippen LogP contribution in [0.15, 0.2) is 18.2 Å². The maximum absolute atomic E-state index is 11.8. The molecule has 0 saturated carbocycles. The van der Waals surface area contributed by atoms with Crippen LogP contribution in [0, 0.1) is 5.41 Å². The average Bonchev–Trinajstić information content (AvgIpc) is 2.42. The molecule has 110 valence electrons. The molecule has 2 rings (SSSR count). The van der Waals surface area contributed by atoms with E-state index in [-0.39, 0.29) is 11.3 Å². The van der Waals surface area contributed by atoms with Gasteiger partial charge in [0, 0.05) is 24.5 Å². The molecular formula is C15H21ClN2OS. The molecule has 1 fully saturated rings. The van der Waals surface area contributed by atoms with Gasteiger partial charge in [0.15, 0.2) is 0 Å². The fourth-order valence-electron chi connectivity index (χ4n) is 2.30. The first-order chi connectivity index (χ1) is 9.44. The maximum atomic E-state index is 11.8. The minimum Gasteiger partial charge on any atom is -0.381 e. The summed E-state index contributed by atoms with van der Waals surface area (Å²) < 4.78 is 0. The standard InChI is InChI=1S/C15H21ClN2OS/c1-15(2)6-7-20-9-13(15)18-10-4-5-12(16)11(8-10)14(19)17-3/h4-5,8,13,18H,6-7,9H2,1-3H3,(H,17,19). The summed E-state index contributed by atoms with van der Waals surface area (Å²) in [7, 11) is 1.61. The number of amides is 1. The van der Waals surface area contributed by atoms with Gasteiger partial charge in [0.1, 0.15) is 0 Å². The molecule has 1 aliphatic heterocycles. The van der Waals surface area contributed by atoms with Crippen LogP contribution in [0.5, 0.6) is 0 Å². The van der Waals surface area contributed by atoms with Gasteiger partial charge in [-0.2, -0.15) is 11.8 Å². The maximum Gasteiger partial charge on any atom is 0.252 e. The van der Waals surface area contributed by atoms with Crippen molar-refractivity contribution in [3.8, 4) is 0 Å². The summed E-state index contributed by atoms with van der Waals surface area (Å²) in [4.78, 5) is 11.8. The zero-order valence-electron chi connectivity index (χ0n) is 12.1. The fourth-order valence-corrected chi connectivity index (χ4v) is 4.11. The average molecular weight is 313 g/mol. The summed E-state index contributed by atoms with van der Waals surface area (Å²) in [6, 6.07) is 5.94. The highest BCUT2D eigenvalue weighted by atomic mass is 35.5. The van der Waals surface area contributed by atoms with Crippen molar-refractivity contribution in [2.24, 2.45) is 5.41 Å². The van der Waals surface area contributed by atoms with E-state index in [9.17, 15) is 4.79 Å². The van der Waals surface area contributed by atoms with Crippen LogP contribution in [0.1, 0.15) is 30.6 Å². The quantitative estimate of drug-likeness (QED) is 0.895. The number of thioether (sulfide) groups is 1. The number of rotatable bonds is 3. The lowest BCUT2D eigenvalue weighted by atomic mass is 9.82. The zero-order valence-corrected chi connectivity index (χ0v) is 13.7. The van der Waals surface area contributed by atoms with E-state index in [4.69, 9.17) is 11.6 Å². The molecule has 0 aromatic heterocycles. The normalized spacial score (nSPS) is 21.3. The van der Waals surface area contributed by atoms with Crippen LogP contribution in [0.3, 0.4) is 0 Å². The van der Waals surface area contributed by atoms with Gasteiger partial charge in [-0.15, -0.1) is 0 Å². The summed E-state index contributed by atoms with van der Waals surface area (Å²) in [6.45, 7) is 4.58. The molecule has 1 aromatic carbocycles. The van der Waals surface area contributed by atoms with Gasteiger partial charge >= 0.3 is 0 Å². The third-order valence-electron chi connectivity index (χ3n) is 3.90. The van der Waals surface area contributed by atoms with Crippen LogP contribution < -0.4 is 10.6 Å². The number of hydrogen-bond donors (Lipinski definition) is 2. The monoisotopic (exact) mass is 312 g/mol. The van der Waals surface area contributed by atoms with Crippen molar-refractivity contribution in [2.45, 2.75) is 26.3 Å². The van der Waals surface area contributed by atoms with Gasteiger partial charge in [-0.05, 0) is 35.8 Å². The SMILES string of the molecule is CNC(=O)c1cc(NC2CSCCC2(C)C)ccc1Cl. The van der Waals surface area contributed by atoms with Gasteiger partial charge in [0.05, 0.1) is 10.6 Å². The number of benzene rings is 1. The second-order valence-corrected chi connectivity index (χ2v) is 7.34. The van der Waals surface area contributed by atoms with E-state index in [1.54, 1.807) is 13.1 Å². The first kappa shape index (κ1) is 15.5. The molecule has 1 saturated heterocycles. The summed E-state index contributed by atoms with van der Waals surface area (Å²) >= 11 is 8.05. The van der Waals surface area contributed by atoms with E-state index < -0.39 is 0 Å². The van der Waals surface area contributed by atoms with Crippen molar-refractivity contribution in [3.63, 3.8) is 0 Å². The van der Waals surface area contributed by atoms with Crippen molar-refractivity contribution in [3.05, 3.63) is 28.8 Å². The lowest BCUT2D eigenvalue weighted by Gasteiger charge is -2.39. The molecule has 1 atom stereocenters. The second-order valence-electron chi connectivity index (χ2n) is 5.78. The Labute approximate surface area is 129 Å². The molecule has 2 N–H and O–H groups in total. The number of halogens is 1. The molecule has 0 radical (unpaired) electrons. The van der Waals surface area contributed by atoms with Crippen molar-refractivity contribution < 1.29 is 4.79 Å². The Hall–Kier alpha value is -0.870. The molecule has 1 heterocycles. The molecule has 20 heavy (non-hydrogen) atoms. The van der Waals surface area contributed by atoms with E-state index in [1.807, 2.05) is 23.9 Å². The Morgan fingerprint density at radius 1 is 1.45 bits per heavy atom. The van der Waals surface area contributed by atoms with Gasteiger partial charge in [-0.25, -0.2) is 0 Å². The summed E-state index contributed by atoms with van der Waals surface area (Å²) in [6.07, 6.45) is 1.20. The van der Waals surface area contributed by atoms with E-state index in [1.165, 1.54) is 12.2 Å². The van der Waals surface area contributed by atoms with E-state index in [2.05, 4.69) is 24.5 Å². The summed E-state index contributed by atoms with van der Waals surface area (Å²) in [5, 5.41) is 6.65. The van der Waals surface area contributed by atoms with Gasteiger partial charge in [-0.1, -0.05) is 25.4 Å². The van der Waals surface area contributed by atoms with E-state index in [0.717, 1.165) is 11.4 Å². The second kappa shape index (κ2) is 6.27. The van der Waals surface area contributed by atoms with Gasteiger partial charge in [0.25, 0.3) is 5.91 Å². The Bertz CT molecular complexity index is 505. The first-order valence-corrected chi connectivity index (χ1v) is 8.33. The predicted octanol–water partition coefficient (Wildman–Crippen LogP) is 3.64. The van der Waals surface area contributed by atoms with E-state index in [0.29, 0.717) is 16.6 Å². The lowest BCUT2D eigenvalue weighted by Crippen LogP contribution is -2.41. The van der Waals surface area contributed by atoms with Crippen LogP contribution >= 0.6 is 23.4 Å². The lowest BCUT2D eigenvalue weighted by molar-refractivity contribution is 0.0963. The Morgan fingerprint density at radius 2 is 2.20 bits per heavy atom. The first-order valence-electron chi connectivity index (χ1n) is 6.80. The number of anilines is 1. The van der Waals surface area contributed by atoms with Gasteiger partial charge in [0.2, 0.25) is 0 Å². The van der Waals surface area contributed by atoms with Crippen LogP contribution in [-0.2, 0) is 0 Å². The number of carbonyl (C=O) groups excluding carboxylic acids is 1. The molecule has 1 aromatic rings. The zero-order chi connectivity index (χ0) is 14.8. The smallest absolute Gasteiger partial charge is 0.252 e. The largest absolute Gasteiger partial charge is 0.381 e. The molecule has 3 nitrogen and oxygen atoms in total. The number of nitrogens with one attached hydrogen (secondary N) is 2. The third-order valence-corrected chi connectivity index (χ3v) is 5.29. The van der Waals surface area contributed by atoms with Crippen molar-refractivity contribution in [2.75, 3.05) is 23.9 Å². The van der Waals surface area contributed by atoms with Crippen LogP contribution in [0.25, 0.3) is 0 Å². The van der Waals surface area contributed by atoms with Crippen molar-refractivity contribution >= 4 is 35.0 Å². The van der Waals surface area contributed by atoms with E-state index >= 15 is 0 Å². The van der Waals surface area contributed by atoms with Gasteiger partial charge in [-0.3, -0.25) is 4.79 Å². The molecule has 1 unspecified atom stereocenters. The highest BCUT2D eigenvalue weighted by Crippen LogP contribution is 2.36. The third kappa shape index (κ3) is 3.41. The van der Waals surface area contributed by atoms with Crippen molar-refractivity contribution in [1.82, 2.24) is 5.32 Å².